The molecule has 0 saturated heterocycles. The van der Waals surface area contributed by atoms with E-state index in [4.69, 9.17) is 0 Å². The standard InChI is InChI=1S/C20H38O/c1-6-7-8-9-10-11-12-13-14-15-16-20(4,5)19(3)18(2)17-21/h17H,6-16H2,1-5H3. The summed E-state index contributed by atoms with van der Waals surface area (Å²) >= 11 is 0. The number of hydrogen-bond acceptors (Lipinski definition) is 1. The molecule has 1 nitrogen and oxygen atoms in total. The monoisotopic (exact) mass is 294 g/mol. The van der Waals surface area contributed by atoms with E-state index in [1.807, 2.05) is 6.92 Å². The van der Waals surface area contributed by atoms with Crippen LogP contribution in [0.5, 0.6) is 0 Å². The molecule has 0 aliphatic rings. The molecule has 0 atom stereocenters. The van der Waals surface area contributed by atoms with Gasteiger partial charge in [-0.15, -0.1) is 0 Å². The van der Waals surface area contributed by atoms with Crippen LogP contribution in [-0.2, 0) is 4.79 Å². The minimum Gasteiger partial charge on any atom is -0.298 e. The molecule has 0 radical (unpaired) electrons. The fourth-order valence-electron chi connectivity index (χ4n) is 2.86. The number of unbranched alkanes of at least 4 members (excludes halogenated alkanes) is 9. The van der Waals surface area contributed by atoms with Gasteiger partial charge < -0.3 is 0 Å². The summed E-state index contributed by atoms with van der Waals surface area (Å²) in [6.45, 7) is 10.9. The van der Waals surface area contributed by atoms with E-state index in [1.165, 1.54) is 76.2 Å². The molecule has 1 heteroatoms. The zero-order valence-corrected chi connectivity index (χ0v) is 15.3. The number of rotatable bonds is 13. The molecular formula is C20H38O. The summed E-state index contributed by atoms with van der Waals surface area (Å²) in [5.74, 6) is 0. The van der Waals surface area contributed by atoms with Crippen molar-refractivity contribution in [2.24, 2.45) is 5.41 Å². The molecule has 0 aromatic rings. The summed E-state index contributed by atoms with van der Waals surface area (Å²) < 4.78 is 0. The number of carbonyl (C=O) groups is 1. The molecule has 124 valence electrons. The lowest BCUT2D eigenvalue weighted by Crippen LogP contribution is -2.14. The van der Waals surface area contributed by atoms with Crippen LogP contribution in [0.25, 0.3) is 0 Å². The highest BCUT2D eigenvalue weighted by molar-refractivity contribution is 5.73. The average molecular weight is 295 g/mol. The van der Waals surface area contributed by atoms with Crippen molar-refractivity contribution in [1.82, 2.24) is 0 Å². The van der Waals surface area contributed by atoms with E-state index >= 15 is 0 Å². The molecule has 21 heavy (non-hydrogen) atoms. The summed E-state index contributed by atoms with van der Waals surface area (Å²) in [6.07, 6.45) is 16.0. The van der Waals surface area contributed by atoms with E-state index in [0.717, 1.165) is 11.9 Å². The summed E-state index contributed by atoms with van der Waals surface area (Å²) in [7, 11) is 0. The number of hydrogen-bond donors (Lipinski definition) is 0. The van der Waals surface area contributed by atoms with Crippen molar-refractivity contribution in [3.63, 3.8) is 0 Å². The Labute approximate surface area is 133 Å². The van der Waals surface area contributed by atoms with Crippen LogP contribution >= 0.6 is 0 Å². The van der Waals surface area contributed by atoms with Crippen LogP contribution in [0, 0.1) is 5.41 Å². The molecule has 0 aliphatic heterocycles. The summed E-state index contributed by atoms with van der Waals surface area (Å²) in [5, 5.41) is 0. The van der Waals surface area contributed by atoms with Gasteiger partial charge in [0.1, 0.15) is 6.29 Å². The van der Waals surface area contributed by atoms with E-state index in [-0.39, 0.29) is 5.41 Å². The van der Waals surface area contributed by atoms with Gasteiger partial charge in [-0.05, 0) is 31.3 Å². The number of aldehydes is 1. The Kier molecular flexibility index (Phi) is 11.7. The molecule has 0 bridgehead atoms. The normalized spacial score (nSPS) is 13.2. The highest BCUT2D eigenvalue weighted by atomic mass is 16.1. The first-order chi connectivity index (χ1) is 9.95. The summed E-state index contributed by atoms with van der Waals surface area (Å²) in [5.41, 5.74) is 2.34. The highest BCUT2D eigenvalue weighted by Crippen LogP contribution is 2.33. The second-order valence-electron chi connectivity index (χ2n) is 7.24. The zero-order chi connectivity index (χ0) is 16.1. The topological polar surface area (TPSA) is 17.1 Å². The van der Waals surface area contributed by atoms with Gasteiger partial charge in [0.05, 0.1) is 0 Å². The van der Waals surface area contributed by atoms with Crippen molar-refractivity contribution in [3.05, 3.63) is 11.1 Å². The maximum Gasteiger partial charge on any atom is 0.145 e. The van der Waals surface area contributed by atoms with Gasteiger partial charge in [-0.3, -0.25) is 4.79 Å². The molecule has 0 fully saturated rings. The maximum absolute atomic E-state index is 10.9. The molecule has 0 unspecified atom stereocenters. The second-order valence-corrected chi connectivity index (χ2v) is 7.24. The predicted molar refractivity (Wildman–Crippen MR) is 94.7 cm³/mol. The molecular weight excluding hydrogens is 256 g/mol. The van der Waals surface area contributed by atoms with Gasteiger partial charge >= 0.3 is 0 Å². The Bertz CT molecular complexity index is 299. The van der Waals surface area contributed by atoms with Gasteiger partial charge in [-0.25, -0.2) is 0 Å². The molecule has 0 spiro atoms. The summed E-state index contributed by atoms with van der Waals surface area (Å²) in [4.78, 5) is 10.9. The fraction of sp³-hybridized carbons (Fsp3) is 0.850. The lowest BCUT2D eigenvalue weighted by Gasteiger charge is -2.27. The van der Waals surface area contributed by atoms with Crippen molar-refractivity contribution < 1.29 is 4.79 Å². The van der Waals surface area contributed by atoms with Gasteiger partial charge in [0, 0.05) is 0 Å². The third kappa shape index (κ3) is 9.87. The molecule has 0 N–H and O–H groups in total. The fourth-order valence-corrected chi connectivity index (χ4v) is 2.86. The van der Waals surface area contributed by atoms with Crippen molar-refractivity contribution in [3.8, 4) is 0 Å². The Morgan fingerprint density at radius 3 is 1.67 bits per heavy atom. The first kappa shape index (κ1) is 20.4. The molecule has 0 aromatic heterocycles. The first-order valence-electron chi connectivity index (χ1n) is 9.09. The van der Waals surface area contributed by atoms with Crippen LogP contribution in [0.2, 0.25) is 0 Å². The van der Waals surface area contributed by atoms with E-state index < -0.39 is 0 Å². The summed E-state index contributed by atoms with van der Waals surface area (Å²) in [6, 6.07) is 0. The lowest BCUT2D eigenvalue weighted by molar-refractivity contribution is -0.105. The molecule has 0 aliphatic carbocycles. The SMILES string of the molecule is CCCCCCCCCCCCC(C)(C)C(C)=C(C)C=O. The van der Waals surface area contributed by atoms with E-state index in [1.54, 1.807) is 0 Å². The lowest BCUT2D eigenvalue weighted by atomic mass is 9.78. The van der Waals surface area contributed by atoms with Crippen molar-refractivity contribution in [1.29, 1.82) is 0 Å². The molecule has 0 amide bonds. The van der Waals surface area contributed by atoms with E-state index in [2.05, 4.69) is 27.7 Å². The van der Waals surface area contributed by atoms with Crippen LogP contribution in [0.4, 0.5) is 0 Å². The molecule has 0 heterocycles. The Morgan fingerprint density at radius 2 is 1.24 bits per heavy atom. The van der Waals surface area contributed by atoms with Crippen LogP contribution in [0.3, 0.4) is 0 Å². The minimum absolute atomic E-state index is 0.172. The maximum atomic E-state index is 10.9. The van der Waals surface area contributed by atoms with Crippen molar-refractivity contribution >= 4 is 6.29 Å². The highest BCUT2D eigenvalue weighted by Gasteiger charge is 2.20. The Balaban J connectivity index is 3.65. The third-order valence-electron chi connectivity index (χ3n) is 4.94. The Morgan fingerprint density at radius 1 is 0.810 bits per heavy atom. The zero-order valence-electron chi connectivity index (χ0n) is 15.3. The van der Waals surface area contributed by atoms with Crippen molar-refractivity contribution in [2.45, 2.75) is 105 Å². The van der Waals surface area contributed by atoms with E-state index in [0.29, 0.717) is 0 Å². The average Bonchev–Trinajstić information content (AvgIpc) is 2.47. The largest absolute Gasteiger partial charge is 0.298 e. The third-order valence-corrected chi connectivity index (χ3v) is 4.94. The molecule has 0 aromatic carbocycles. The number of allylic oxidation sites excluding steroid dienone is 2. The van der Waals surface area contributed by atoms with Crippen LogP contribution < -0.4 is 0 Å². The quantitative estimate of drug-likeness (QED) is 0.206. The van der Waals surface area contributed by atoms with E-state index in [9.17, 15) is 4.79 Å². The molecule has 0 rings (SSSR count). The van der Waals surface area contributed by atoms with Gasteiger partial charge in [0.25, 0.3) is 0 Å². The van der Waals surface area contributed by atoms with Gasteiger partial charge in [0.2, 0.25) is 0 Å². The number of carbonyl (C=O) groups excluding carboxylic acids is 1. The van der Waals surface area contributed by atoms with Crippen molar-refractivity contribution in [2.75, 3.05) is 0 Å². The van der Waals surface area contributed by atoms with Crippen LogP contribution in [-0.4, -0.2) is 6.29 Å². The first-order valence-corrected chi connectivity index (χ1v) is 9.09. The van der Waals surface area contributed by atoms with Crippen LogP contribution in [0.15, 0.2) is 11.1 Å². The molecule has 0 saturated carbocycles. The van der Waals surface area contributed by atoms with Crippen LogP contribution in [0.1, 0.15) is 105 Å². The Hall–Kier alpha value is -0.590. The smallest absolute Gasteiger partial charge is 0.145 e. The van der Waals surface area contributed by atoms with Gasteiger partial charge in [0.15, 0.2) is 0 Å². The minimum atomic E-state index is 0.172. The second kappa shape index (κ2) is 12.0. The van der Waals surface area contributed by atoms with Gasteiger partial charge in [-0.2, -0.15) is 0 Å². The predicted octanol–water partition coefficient (Wildman–Crippen LogP) is 6.86. The van der Waals surface area contributed by atoms with Gasteiger partial charge in [-0.1, -0.05) is 90.6 Å².